The number of methoxy groups -OCH3 is 1. The number of carbonyl (C=O) groups excluding carboxylic acids is 1. The smallest absolute Gasteiger partial charge is 0.253 e. The maximum Gasteiger partial charge on any atom is 0.253 e. The molecule has 2 aromatic carbocycles. The summed E-state index contributed by atoms with van der Waals surface area (Å²) in [4.78, 5) is 15.5. The highest BCUT2D eigenvalue weighted by atomic mass is 32.1. The topological polar surface area (TPSA) is 87.3 Å². The van der Waals surface area contributed by atoms with Crippen LogP contribution in [0.3, 0.4) is 0 Å². The third-order valence-corrected chi connectivity index (χ3v) is 4.85. The number of fused-ring (bicyclic) bond motifs is 1. The Morgan fingerprint density at radius 1 is 1.14 bits per heavy atom. The minimum absolute atomic E-state index is 0.0920. The van der Waals surface area contributed by atoms with Gasteiger partial charge in [-0.3, -0.25) is 9.78 Å². The second-order valence-electron chi connectivity index (χ2n) is 6.18. The normalized spacial score (nSPS) is 11.9. The predicted molar refractivity (Wildman–Crippen MR) is 110 cm³/mol. The molecule has 0 aliphatic rings. The number of para-hydroxylation sites is 1. The van der Waals surface area contributed by atoms with Crippen molar-refractivity contribution in [2.24, 2.45) is 0 Å². The molecule has 0 amide bonds. The van der Waals surface area contributed by atoms with E-state index in [4.69, 9.17) is 13.9 Å². The molecule has 4 rings (SSSR count). The highest BCUT2D eigenvalue weighted by Crippen LogP contribution is 2.34. The summed E-state index contributed by atoms with van der Waals surface area (Å²) >= 11 is 4.58. The fourth-order valence-corrected chi connectivity index (χ4v) is 3.25. The molecule has 1 unspecified atom stereocenters. The second-order valence-corrected chi connectivity index (χ2v) is 6.69. The molecule has 29 heavy (non-hydrogen) atoms. The molecule has 1 atom stereocenters. The van der Waals surface area contributed by atoms with Crippen LogP contribution >= 0.6 is 12.6 Å². The highest BCUT2D eigenvalue weighted by molar-refractivity contribution is 7.80. The number of nitrogens with zero attached hydrogens (tertiary/aromatic N) is 3. The van der Waals surface area contributed by atoms with E-state index in [0.717, 1.165) is 17.2 Å². The van der Waals surface area contributed by atoms with E-state index in [2.05, 4.69) is 27.8 Å². The van der Waals surface area contributed by atoms with Crippen LogP contribution in [-0.4, -0.2) is 28.6 Å². The lowest BCUT2D eigenvalue weighted by Gasteiger charge is -2.12. The molecule has 2 aromatic heterocycles. The quantitative estimate of drug-likeness (QED) is 0.365. The summed E-state index contributed by atoms with van der Waals surface area (Å²) in [6.45, 7) is 0.0920. The SMILES string of the molecule is COc1ccc(C=O)cc1C(S)c1nnc(COc2cccc3cccnc23)o1. The molecule has 0 fully saturated rings. The van der Waals surface area contributed by atoms with Gasteiger partial charge in [0.1, 0.15) is 28.6 Å². The van der Waals surface area contributed by atoms with Crippen LogP contribution < -0.4 is 9.47 Å². The summed E-state index contributed by atoms with van der Waals surface area (Å²) < 4.78 is 16.9. The molecule has 0 radical (unpaired) electrons. The molecular formula is C21H17N3O4S. The zero-order valence-electron chi connectivity index (χ0n) is 15.5. The lowest BCUT2D eigenvalue weighted by Crippen LogP contribution is -1.99. The fourth-order valence-electron chi connectivity index (χ4n) is 2.94. The van der Waals surface area contributed by atoms with Gasteiger partial charge in [-0.15, -0.1) is 10.2 Å². The molecular weight excluding hydrogens is 390 g/mol. The van der Waals surface area contributed by atoms with Crippen LogP contribution in [0.1, 0.15) is 33.0 Å². The molecule has 8 heteroatoms. The van der Waals surface area contributed by atoms with Gasteiger partial charge in [-0.25, -0.2) is 0 Å². The monoisotopic (exact) mass is 407 g/mol. The summed E-state index contributed by atoms with van der Waals surface area (Å²) in [5.74, 6) is 1.79. The van der Waals surface area contributed by atoms with Crippen molar-refractivity contribution in [3.05, 3.63) is 77.6 Å². The van der Waals surface area contributed by atoms with Crippen LogP contribution in [0.4, 0.5) is 0 Å². The van der Waals surface area contributed by atoms with Crippen LogP contribution in [0.15, 0.2) is 59.1 Å². The molecule has 146 valence electrons. The van der Waals surface area contributed by atoms with Crippen LogP contribution in [-0.2, 0) is 6.61 Å². The minimum Gasteiger partial charge on any atom is -0.496 e. The maximum absolute atomic E-state index is 11.1. The van der Waals surface area contributed by atoms with Gasteiger partial charge in [0.05, 0.1) is 7.11 Å². The van der Waals surface area contributed by atoms with E-state index in [1.54, 1.807) is 31.5 Å². The Morgan fingerprint density at radius 3 is 2.83 bits per heavy atom. The van der Waals surface area contributed by atoms with Gasteiger partial charge in [0.15, 0.2) is 6.61 Å². The van der Waals surface area contributed by atoms with E-state index in [1.807, 2.05) is 30.3 Å². The maximum atomic E-state index is 11.1. The van der Waals surface area contributed by atoms with Crippen molar-refractivity contribution >= 4 is 29.8 Å². The zero-order chi connectivity index (χ0) is 20.2. The predicted octanol–water partition coefficient (Wildman–Crippen LogP) is 4.04. The number of ether oxygens (including phenoxy) is 2. The van der Waals surface area contributed by atoms with Crippen molar-refractivity contribution in [2.45, 2.75) is 11.9 Å². The molecule has 0 saturated heterocycles. The van der Waals surface area contributed by atoms with Crippen LogP contribution in [0, 0.1) is 0 Å². The minimum atomic E-state index is -0.551. The summed E-state index contributed by atoms with van der Waals surface area (Å²) in [5, 5.41) is 8.53. The van der Waals surface area contributed by atoms with E-state index in [9.17, 15) is 4.79 Å². The fraction of sp³-hybridized carbons (Fsp3) is 0.143. The Labute approximate surface area is 172 Å². The molecule has 4 aromatic rings. The molecule has 0 aliphatic carbocycles. The van der Waals surface area contributed by atoms with Gasteiger partial charge >= 0.3 is 0 Å². The van der Waals surface area contributed by atoms with Crippen molar-refractivity contribution in [3.63, 3.8) is 0 Å². The molecule has 0 bridgehead atoms. The van der Waals surface area contributed by atoms with E-state index in [-0.39, 0.29) is 12.5 Å². The summed E-state index contributed by atoms with van der Waals surface area (Å²) in [7, 11) is 1.55. The lowest BCUT2D eigenvalue weighted by molar-refractivity contribution is 0.112. The summed E-state index contributed by atoms with van der Waals surface area (Å²) in [6.07, 6.45) is 2.47. The molecule has 0 aliphatic heterocycles. The Morgan fingerprint density at radius 2 is 2.00 bits per heavy atom. The van der Waals surface area contributed by atoms with Gasteiger partial charge < -0.3 is 13.9 Å². The first-order valence-electron chi connectivity index (χ1n) is 8.79. The molecule has 2 heterocycles. The van der Waals surface area contributed by atoms with E-state index >= 15 is 0 Å². The van der Waals surface area contributed by atoms with E-state index in [0.29, 0.717) is 28.5 Å². The third-order valence-electron chi connectivity index (χ3n) is 4.35. The largest absolute Gasteiger partial charge is 0.496 e. The molecule has 7 nitrogen and oxygen atoms in total. The van der Waals surface area contributed by atoms with Crippen molar-refractivity contribution in [1.82, 2.24) is 15.2 Å². The Bertz CT molecular complexity index is 1160. The zero-order valence-corrected chi connectivity index (χ0v) is 16.4. The number of thiol groups is 1. The number of rotatable bonds is 7. The third kappa shape index (κ3) is 3.93. The van der Waals surface area contributed by atoms with Gasteiger partial charge in [0.25, 0.3) is 5.89 Å². The second kappa shape index (κ2) is 8.32. The number of hydrogen-bond donors (Lipinski definition) is 1. The van der Waals surface area contributed by atoms with Gasteiger partial charge in [-0.2, -0.15) is 12.6 Å². The number of aromatic nitrogens is 3. The Balaban J connectivity index is 1.53. The standard InChI is InChI=1S/C21H17N3O4S/c1-26-16-8-7-13(11-25)10-15(16)20(29)21-24-23-18(28-21)12-27-17-6-2-4-14-5-3-9-22-19(14)17/h2-11,20,29H,12H2,1H3. The highest BCUT2D eigenvalue weighted by Gasteiger charge is 2.21. The van der Waals surface area contributed by atoms with Gasteiger partial charge in [-0.1, -0.05) is 18.2 Å². The summed E-state index contributed by atoms with van der Waals surface area (Å²) in [5.41, 5.74) is 1.93. The van der Waals surface area contributed by atoms with Crippen molar-refractivity contribution in [1.29, 1.82) is 0 Å². The Kier molecular flexibility index (Phi) is 5.44. The van der Waals surface area contributed by atoms with Gasteiger partial charge in [0.2, 0.25) is 5.89 Å². The number of aldehydes is 1. The average molecular weight is 407 g/mol. The van der Waals surface area contributed by atoms with Crippen LogP contribution in [0.25, 0.3) is 10.9 Å². The van der Waals surface area contributed by atoms with Crippen LogP contribution in [0.2, 0.25) is 0 Å². The molecule has 0 N–H and O–H groups in total. The number of benzene rings is 2. The van der Waals surface area contributed by atoms with Crippen molar-refractivity contribution in [3.8, 4) is 11.5 Å². The first-order valence-corrected chi connectivity index (χ1v) is 9.31. The van der Waals surface area contributed by atoms with Gasteiger partial charge in [-0.05, 0) is 30.3 Å². The Hall–Kier alpha value is -3.39. The number of pyridine rings is 1. The average Bonchev–Trinajstić information content (AvgIpc) is 3.25. The van der Waals surface area contributed by atoms with Crippen LogP contribution in [0.5, 0.6) is 11.5 Å². The van der Waals surface area contributed by atoms with Gasteiger partial charge in [0, 0.05) is 22.7 Å². The first-order chi connectivity index (χ1) is 14.2. The van der Waals surface area contributed by atoms with E-state index in [1.165, 1.54) is 0 Å². The van der Waals surface area contributed by atoms with Crippen molar-refractivity contribution in [2.75, 3.05) is 7.11 Å². The first kappa shape index (κ1) is 18.9. The van der Waals surface area contributed by atoms with E-state index < -0.39 is 5.25 Å². The molecule has 0 saturated carbocycles. The molecule has 0 spiro atoms. The lowest BCUT2D eigenvalue weighted by atomic mass is 10.1. The summed E-state index contributed by atoms with van der Waals surface area (Å²) in [6, 6.07) is 14.6. The van der Waals surface area contributed by atoms with Crippen molar-refractivity contribution < 1.29 is 18.7 Å². The number of hydrogen-bond acceptors (Lipinski definition) is 8. The number of carbonyl (C=O) groups is 1.